The van der Waals surface area contributed by atoms with Gasteiger partial charge in [0.05, 0.1) is 17.1 Å². The van der Waals surface area contributed by atoms with Crippen LogP contribution in [0.5, 0.6) is 0 Å². The average Bonchev–Trinajstić information content (AvgIpc) is 2.95. The molecule has 10 heteroatoms. The number of fused-ring (bicyclic) bond motifs is 1. The molecule has 5 heterocycles. The lowest BCUT2D eigenvalue weighted by Gasteiger charge is -2.29. The van der Waals surface area contributed by atoms with Crippen molar-refractivity contribution in [1.29, 1.82) is 0 Å². The van der Waals surface area contributed by atoms with Gasteiger partial charge in [-0.25, -0.2) is 14.6 Å². The topological polar surface area (TPSA) is 104 Å². The predicted octanol–water partition coefficient (Wildman–Crippen LogP) is 2.67. The Morgan fingerprint density at radius 1 is 0.973 bits per heavy atom. The Kier molecular flexibility index (Phi) is 6.50. The number of likely N-dealkylation sites (tertiary alicyclic amines) is 1. The highest BCUT2D eigenvalue weighted by Gasteiger charge is 2.24. The summed E-state index contributed by atoms with van der Waals surface area (Å²) in [7, 11) is 2.10. The average molecular weight is 498 g/mol. The fourth-order valence-electron chi connectivity index (χ4n) is 5.07. The first-order valence-electron chi connectivity index (χ1n) is 12.9. The Bertz CT molecular complexity index is 1420. The lowest BCUT2D eigenvalue weighted by molar-refractivity contribution is 0.209. The molecule has 10 nitrogen and oxygen atoms in total. The molecule has 2 N–H and O–H groups in total. The number of piperidine rings is 1. The van der Waals surface area contributed by atoms with Crippen molar-refractivity contribution in [1.82, 2.24) is 34.9 Å². The Labute approximate surface area is 215 Å². The van der Waals surface area contributed by atoms with Crippen molar-refractivity contribution >= 4 is 28.2 Å². The standard InChI is InChI=1S/C27H31N9O/c1-34-14-9-21(10-15-34)36-26(37)22-18-30-27(32-24(22)25(33-36)23-4-2-3-11-29-23)31-19-5-7-20(8-6-19)35-16-12-28-13-17-35/h2-8,11,18,21,28H,9-10,12-17H2,1H3,(H,30,31,32). The van der Waals surface area contributed by atoms with Gasteiger partial charge in [-0.15, -0.1) is 0 Å². The second-order valence-electron chi connectivity index (χ2n) is 9.71. The van der Waals surface area contributed by atoms with Crippen LogP contribution in [0, 0.1) is 0 Å². The Morgan fingerprint density at radius 2 is 1.76 bits per heavy atom. The molecule has 0 unspecified atom stereocenters. The van der Waals surface area contributed by atoms with Crippen molar-refractivity contribution in [3.63, 3.8) is 0 Å². The van der Waals surface area contributed by atoms with Gasteiger partial charge >= 0.3 is 0 Å². The van der Waals surface area contributed by atoms with Gasteiger partial charge in [0.25, 0.3) is 5.56 Å². The van der Waals surface area contributed by atoms with Crippen molar-refractivity contribution < 1.29 is 0 Å². The molecule has 0 saturated carbocycles. The van der Waals surface area contributed by atoms with Crippen LogP contribution in [0.4, 0.5) is 17.3 Å². The number of piperazine rings is 1. The van der Waals surface area contributed by atoms with Crippen LogP contribution in [0.2, 0.25) is 0 Å². The summed E-state index contributed by atoms with van der Waals surface area (Å²) < 4.78 is 1.63. The van der Waals surface area contributed by atoms with Crippen LogP contribution >= 0.6 is 0 Å². The van der Waals surface area contributed by atoms with E-state index >= 15 is 0 Å². The van der Waals surface area contributed by atoms with E-state index in [2.05, 4.69) is 49.6 Å². The van der Waals surface area contributed by atoms with E-state index in [1.807, 2.05) is 30.3 Å². The number of rotatable bonds is 5. The van der Waals surface area contributed by atoms with Crippen molar-refractivity contribution in [2.45, 2.75) is 18.9 Å². The summed E-state index contributed by atoms with van der Waals surface area (Å²) in [6.45, 7) is 5.86. The van der Waals surface area contributed by atoms with Gasteiger partial charge in [-0.1, -0.05) is 6.07 Å². The van der Waals surface area contributed by atoms with Gasteiger partial charge in [0.15, 0.2) is 0 Å². The molecule has 2 fully saturated rings. The zero-order valence-corrected chi connectivity index (χ0v) is 21.0. The SMILES string of the molecule is CN1CCC(n2nc(-c3ccccn3)c3nc(Nc4ccc(N5CCNCC5)cc4)ncc3c2=O)CC1. The van der Waals surface area contributed by atoms with Gasteiger partial charge in [0.1, 0.15) is 11.2 Å². The first-order chi connectivity index (χ1) is 18.2. The summed E-state index contributed by atoms with van der Waals surface area (Å²) in [6, 6.07) is 14.0. The van der Waals surface area contributed by atoms with Crippen LogP contribution in [-0.2, 0) is 0 Å². The minimum absolute atomic E-state index is 0.0440. The number of nitrogens with zero attached hydrogens (tertiary/aromatic N) is 7. The maximum atomic E-state index is 13.5. The van der Waals surface area contributed by atoms with Gasteiger partial charge < -0.3 is 20.4 Å². The van der Waals surface area contributed by atoms with Crippen molar-refractivity contribution in [2.24, 2.45) is 0 Å². The fourth-order valence-corrected chi connectivity index (χ4v) is 5.07. The molecule has 0 amide bonds. The summed E-state index contributed by atoms with van der Waals surface area (Å²) in [6.07, 6.45) is 5.10. The summed E-state index contributed by atoms with van der Waals surface area (Å²) in [5.74, 6) is 0.415. The second-order valence-corrected chi connectivity index (χ2v) is 9.71. The van der Waals surface area contributed by atoms with E-state index in [-0.39, 0.29) is 11.6 Å². The summed E-state index contributed by atoms with van der Waals surface area (Å²) in [5, 5.41) is 12.0. The minimum Gasteiger partial charge on any atom is -0.369 e. The smallest absolute Gasteiger partial charge is 0.278 e. The van der Waals surface area contributed by atoms with Gasteiger partial charge in [0.2, 0.25) is 5.95 Å². The third kappa shape index (κ3) is 4.90. The van der Waals surface area contributed by atoms with E-state index in [4.69, 9.17) is 10.1 Å². The number of nitrogens with one attached hydrogen (secondary N) is 2. The molecule has 2 aliphatic heterocycles. The highest BCUT2D eigenvalue weighted by molar-refractivity contribution is 5.89. The van der Waals surface area contributed by atoms with Crippen LogP contribution < -0.4 is 21.1 Å². The monoisotopic (exact) mass is 497 g/mol. The minimum atomic E-state index is -0.156. The quantitative estimate of drug-likeness (QED) is 0.431. The van der Waals surface area contributed by atoms with Crippen LogP contribution in [-0.4, -0.2) is 75.9 Å². The molecule has 2 saturated heterocycles. The number of hydrogen-bond donors (Lipinski definition) is 2. The molecule has 3 aromatic heterocycles. The molecule has 0 radical (unpaired) electrons. The second kappa shape index (κ2) is 10.2. The lowest BCUT2D eigenvalue weighted by Crippen LogP contribution is -2.43. The molecule has 6 rings (SSSR count). The largest absolute Gasteiger partial charge is 0.369 e. The van der Waals surface area contributed by atoms with E-state index in [0.29, 0.717) is 28.2 Å². The van der Waals surface area contributed by atoms with E-state index < -0.39 is 0 Å². The Hall–Kier alpha value is -3.89. The van der Waals surface area contributed by atoms with Gasteiger partial charge in [-0.3, -0.25) is 9.78 Å². The number of hydrogen-bond acceptors (Lipinski definition) is 9. The third-order valence-corrected chi connectivity index (χ3v) is 7.21. The highest BCUT2D eigenvalue weighted by atomic mass is 16.1. The van der Waals surface area contributed by atoms with Crippen LogP contribution in [0.3, 0.4) is 0 Å². The number of pyridine rings is 1. The number of aromatic nitrogens is 5. The molecule has 0 spiro atoms. The van der Waals surface area contributed by atoms with E-state index in [1.165, 1.54) is 5.69 Å². The van der Waals surface area contributed by atoms with Gasteiger partial charge in [0, 0.05) is 49.9 Å². The van der Waals surface area contributed by atoms with E-state index in [9.17, 15) is 4.79 Å². The predicted molar refractivity (Wildman–Crippen MR) is 145 cm³/mol. The molecule has 190 valence electrons. The zero-order valence-electron chi connectivity index (χ0n) is 21.0. The van der Waals surface area contributed by atoms with Crippen LogP contribution in [0.25, 0.3) is 22.3 Å². The highest BCUT2D eigenvalue weighted by Crippen LogP contribution is 2.27. The number of anilines is 3. The Morgan fingerprint density at radius 3 is 2.49 bits per heavy atom. The summed E-state index contributed by atoms with van der Waals surface area (Å²) >= 11 is 0. The molecule has 1 aromatic carbocycles. The van der Waals surface area contributed by atoms with Crippen molar-refractivity contribution in [3.8, 4) is 11.4 Å². The van der Waals surface area contributed by atoms with Gasteiger partial charge in [-0.2, -0.15) is 5.10 Å². The van der Waals surface area contributed by atoms with E-state index in [0.717, 1.165) is 57.8 Å². The molecular formula is C27H31N9O. The van der Waals surface area contributed by atoms with Crippen molar-refractivity contribution in [3.05, 3.63) is 65.2 Å². The molecule has 37 heavy (non-hydrogen) atoms. The summed E-state index contributed by atoms with van der Waals surface area (Å²) in [4.78, 5) is 31.9. The van der Waals surface area contributed by atoms with Crippen LogP contribution in [0.15, 0.2) is 59.7 Å². The molecule has 0 bridgehead atoms. The Balaban J connectivity index is 1.35. The summed E-state index contributed by atoms with van der Waals surface area (Å²) in [5.41, 5.74) is 3.69. The maximum Gasteiger partial charge on any atom is 0.278 e. The van der Waals surface area contributed by atoms with E-state index in [1.54, 1.807) is 17.1 Å². The molecule has 0 aliphatic carbocycles. The first kappa shape index (κ1) is 23.5. The maximum absolute atomic E-state index is 13.5. The fraction of sp³-hybridized carbons (Fsp3) is 0.370. The molecule has 4 aromatic rings. The molecule has 0 atom stereocenters. The lowest BCUT2D eigenvalue weighted by atomic mass is 10.1. The first-order valence-corrected chi connectivity index (χ1v) is 12.9. The van der Waals surface area contributed by atoms with Crippen molar-refractivity contribution in [2.75, 3.05) is 56.5 Å². The van der Waals surface area contributed by atoms with Crippen LogP contribution in [0.1, 0.15) is 18.9 Å². The normalized spacial score (nSPS) is 17.3. The zero-order chi connectivity index (χ0) is 25.2. The van der Waals surface area contributed by atoms with Gasteiger partial charge in [-0.05, 0) is 69.4 Å². The third-order valence-electron chi connectivity index (χ3n) is 7.21. The molecule has 2 aliphatic rings. The molecular weight excluding hydrogens is 466 g/mol. The number of benzene rings is 1.